The van der Waals surface area contributed by atoms with E-state index in [9.17, 15) is 0 Å². The topological polar surface area (TPSA) is 44.2 Å². The van der Waals surface area contributed by atoms with E-state index in [1.807, 2.05) is 13.8 Å². The molecule has 2 rings (SSSR count). The lowest BCUT2D eigenvalue weighted by molar-refractivity contribution is -0.139. The summed E-state index contributed by atoms with van der Waals surface area (Å²) in [5, 5.41) is 0. The van der Waals surface area contributed by atoms with Gasteiger partial charge in [0.15, 0.2) is 11.6 Å². The lowest BCUT2D eigenvalue weighted by Gasteiger charge is -2.16. The Bertz CT molecular complexity index is 326. The molecule has 1 atom stereocenters. The van der Waals surface area contributed by atoms with Crippen LogP contribution in [0.2, 0.25) is 0 Å². The van der Waals surface area contributed by atoms with Crippen LogP contribution >= 0.6 is 15.9 Å². The van der Waals surface area contributed by atoms with E-state index in [0.29, 0.717) is 12.4 Å². The predicted octanol–water partition coefficient (Wildman–Crippen LogP) is 2.06. The standard InChI is InChI=1S/C9H11BrN2O2/c1-9(2)13-5-7(14-9)8-11-3-6(10)4-12-8/h3-4,7H,5H2,1-2H3. The minimum Gasteiger partial charge on any atom is -0.347 e. The first-order chi connectivity index (χ1) is 6.57. The van der Waals surface area contributed by atoms with Crippen LogP contribution in [0.5, 0.6) is 0 Å². The zero-order chi connectivity index (χ0) is 10.2. The summed E-state index contributed by atoms with van der Waals surface area (Å²) in [5.74, 6) is 0.139. The quantitative estimate of drug-likeness (QED) is 0.774. The molecule has 1 aliphatic rings. The van der Waals surface area contributed by atoms with Gasteiger partial charge in [-0.25, -0.2) is 9.97 Å². The Labute approximate surface area is 90.8 Å². The molecular weight excluding hydrogens is 248 g/mol. The molecule has 1 aromatic heterocycles. The first kappa shape index (κ1) is 10.0. The molecule has 1 aromatic rings. The van der Waals surface area contributed by atoms with E-state index in [-0.39, 0.29) is 6.10 Å². The molecule has 1 fully saturated rings. The van der Waals surface area contributed by atoms with Gasteiger partial charge in [0, 0.05) is 12.4 Å². The molecule has 0 N–H and O–H groups in total. The number of rotatable bonds is 1. The summed E-state index contributed by atoms with van der Waals surface area (Å²) >= 11 is 3.28. The van der Waals surface area contributed by atoms with Gasteiger partial charge in [-0.05, 0) is 29.8 Å². The molecule has 0 spiro atoms. The van der Waals surface area contributed by atoms with Crippen molar-refractivity contribution in [1.29, 1.82) is 0 Å². The number of aromatic nitrogens is 2. The summed E-state index contributed by atoms with van der Waals surface area (Å²) in [4.78, 5) is 8.33. The van der Waals surface area contributed by atoms with E-state index in [1.165, 1.54) is 0 Å². The van der Waals surface area contributed by atoms with Gasteiger partial charge in [0.2, 0.25) is 0 Å². The van der Waals surface area contributed by atoms with Crippen molar-refractivity contribution >= 4 is 15.9 Å². The molecule has 1 unspecified atom stereocenters. The van der Waals surface area contributed by atoms with Crippen molar-refractivity contribution in [1.82, 2.24) is 9.97 Å². The summed E-state index contributed by atoms with van der Waals surface area (Å²) < 4.78 is 11.9. The van der Waals surface area contributed by atoms with Crippen LogP contribution in [-0.2, 0) is 9.47 Å². The molecule has 0 aliphatic carbocycles. The summed E-state index contributed by atoms with van der Waals surface area (Å²) in [6.07, 6.45) is 3.26. The molecule has 5 heteroatoms. The van der Waals surface area contributed by atoms with Crippen LogP contribution in [0.1, 0.15) is 25.8 Å². The van der Waals surface area contributed by atoms with Crippen molar-refractivity contribution in [3.05, 3.63) is 22.7 Å². The largest absolute Gasteiger partial charge is 0.347 e. The molecule has 76 valence electrons. The Kier molecular flexibility index (Phi) is 2.55. The predicted molar refractivity (Wildman–Crippen MR) is 53.6 cm³/mol. The lowest BCUT2D eigenvalue weighted by atomic mass is 10.3. The van der Waals surface area contributed by atoms with Gasteiger partial charge in [-0.1, -0.05) is 0 Å². The Morgan fingerprint density at radius 3 is 2.57 bits per heavy atom. The number of halogens is 1. The fraction of sp³-hybridized carbons (Fsp3) is 0.556. The molecule has 0 saturated carbocycles. The molecule has 0 aromatic carbocycles. The Morgan fingerprint density at radius 2 is 2.07 bits per heavy atom. The average Bonchev–Trinajstić information content (AvgIpc) is 2.47. The van der Waals surface area contributed by atoms with Crippen LogP contribution in [0.25, 0.3) is 0 Å². The molecule has 2 heterocycles. The maximum atomic E-state index is 5.61. The molecule has 0 radical (unpaired) electrons. The normalized spacial score (nSPS) is 25.2. The van der Waals surface area contributed by atoms with Crippen LogP contribution < -0.4 is 0 Å². The smallest absolute Gasteiger partial charge is 0.164 e. The minimum absolute atomic E-state index is 0.155. The third-order valence-electron chi connectivity index (χ3n) is 1.94. The van der Waals surface area contributed by atoms with Crippen LogP contribution in [0, 0.1) is 0 Å². The fourth-order valence-corrected chi connectivity index (χ4v) is 1.51. The zero-order valence-corrected chi connectivity index (χ0v) is 9.61. The molecule has 0 amide bonds. The van der Waals surface area contributed by atoms with Gasteiger partial charge < -0.3 is 9.47 Å². The maximum Gasteiger partial charge on any atom is 0.164 e. The van der Waals surface area contributed by atoms with Crippen LogP contribution in [0.15, 0.2) is 16.9 Å². The van der Waals surface area contributed by atoms with Crippen molar-refractivity contribution in [3.63, 3.8) is 0 Å². The van der Waals surface area contributed by atoms with E-state index >= 15 is 0 Å². The summed E-state index contributed by atoms with van der Waals surface area (Å²) in [5.41, 5.74) is 0. The fourth-order valence-electron chi connectivity index (χ4n) is 1.30. The minimum atomic E-state index is -0.527. The highest BCUT2D eigenvalue weighted by molar-refractivity contribution is 9.10. The second kappa shape index (κ2) is 3.56. The van der Waals surface area contributed by atoms with E-state index in [4.69, 9.17) is 9.47 Å². The summed E-state index contributed by atoms with van der Waals surface area (Å²) in [6, 6.07) is 0. The van der Waals surface area contributed by atoms with Gasteiger partial charge in [-0.3, -0.25) is 0 Å². The van der Waals surface area contributed by atoms with Gasteiger partial charge >= 0.3 is 0 Å². The second-order valence-corrected chi connectivity index (χ2v) is 4.49. The molecule has 1 saturated heterocycles. The Hall–Kier alpha value is -0.520. The third kappa shape index (κ3) is 2.10. The molecule has 4 nitrogen and oxygen atoms in total. The van der Waals surface area contributed by atoms with Crippen molar-refractivity contribution in [2.45, 2.75) is 25.7 Å². The summed E-state index contributed by atoms with van der Waals surface area (Å²) in [7, 11) is 0. The van der Waals surface area contributed by atoms with Crippen LogP contribution in [-0.4, -0.2) is 22.4 Å². The monoisotopic (exact) mass is 258 g/mol. The maximum absolute atomic E-state index is 5.61. The molecular formula is C9H11BrN2O2. The summed E-state index contributed by atoms with van der Waals surface area (Å²) in [6.45, 7) is 4.27. The van der Waals surface area contributed by atoms with Crippen molar-refractivity contribution < 1.29 is 9.47 Å². The average molecular weight is 259 g/mol. The van der Waals surface area contributed by atoms with Gasteiger partial charge in [0.05, 0.1) is 11.1 Å². The number of hydrogen-bond donors (Lipinski definition) is 0. The van der Waals surface area contributed by atoms with Gasteiger partial charge in [0.25, 0.3) is 0 Å². The van der Waals surface area contributed by atoms with E-state index in [1.54, 1.807) is 12.4 Å². The van der Waals surface area contributed by atoms with Crippen LogP contribution in [0.3, 0.4) is 0 Å². The molecule has 14 heavy (non-hydrogen) atoms. The zero-order valence-electron chi connectivity index (χ0n) is 8.03. The van der Waals surface area contributed by atoms with Crippen LogP contribution in [0.4, 0.5) is 0 Å². The Balaban J connectivity index is 2.14. The van der Waals surface area contributed by atoms with E-state index in [0.717, 1.165) is 4.47 Å². The number of nitrogens with zero attached hydrogens (tertiary/aromatic N) is 2. The molecule has 1 aliphatic heterocycles. The number of hydrogen-bond acceptors (Lipinski definition) is 4. The number of ether oxygens (including phenoxy) is 2. The van der Waals surface area contributed by atoms with E-state index in [2.05, 4.69) is 25.9 Å². The van der Waals surface area contributed by atoms with Gasteiger partial charge in [-0.2, -0.15) is 0 Å². The van der Waals surface area contributed by atoms with Crippen molar-refractivity contribution in [2.24, 2.45) is 0 Å². The Morgan fingerprint density at radius 1 is 1.43 bits per heavy atom. The third-order valence-corrected chi connectivity index (χ3v) is 2.35. The highest BCUT2D eigenvalue weighted by atomic mass is 79.9. The SMILES string of the molecule is CC1(C)OCC(c2ncc(Br)cn2)O1. The second-order valence-electron chi connectivity index (χ2n) is 3.58. The lowest BCUT2D eigenvalue weighted by Crippen LogP contribution is -2.20. The first-order valence-corrected chi connectivity index (χ1v) is 5.15. The highest BCUT2D eigenvalue weighted by Crippen LogP contribution is 2.30. The van der Waals surface area contributed by atoms with E-state index < -0.39 is 5.79 Å². The van der Waals surface area contributed by atoms with Gasteiger partial charge in [-0.15, -0.1) is 0 Å². The van der Waals surface area contributed by atoms with Crippen molar-refractivity contribution in [2.75, 3.05) is 6.61 Å². The van der Waals surface area contributed by atoms with Gasteiger partial charge in [0.1, 0.15) is 6.10 Å². The highest BCUT2D eigenvalue weighted by Gasteiger charge is 2.34. The molecule has 0 bridgehead atoms. The van der Waals surface area contributed by atoms with Crippen molar-refractivity contribution in [3.8, 4) is 0 Å². The first-order valence-electron chi connectivity index (χ1n) is 4.36.